The third kappa shape index (κ3) is 3.09. The summed E-state index contributed by atoms with van der Waals surface area (Å²) in [5.74, 6) is 1.81. The van der Waals surface area contributed by atoms with Gasteiger partial charge in [-0.05, 0) is 46.1 Å². The van der Waals surface area contributed by atoms with Gasteiger partial charge in [-0.25, -0.2) is 4.98 Å². The Hall–Kier alpha value is -0.480. The standard InChI is InChI=1S/C14H24N2OS/c1-5-11-6-7-12(15-4)13(8-11)18-14-16-9(2)10(3)17-14/h11-13,15H,5-8H2,1-4H3. The number of aromatic nitrogens is 1. The second-order valence-electron chi connectivity index (χ2n) is 5.26. The second kappa shape index (κ2) is 6.11. The van der Waals surface area contributed by atoms with Crippen LogP contribution in [0.4, 0.5) is 0 Å². The first-order valence-electron chi connectivity index (χ1n) is 6.92. The minimum atomic E-state index is 0.588. The molecule has 0 spiro atoms. The molecule has 102 valence electrons. The second-order valence-corrected chi connectivity index (χ2v) is 6.45. The lowest BCUT2D eigenvalue weighted by atomic mass is 9.84. The molecule has 1 aromatic heterocycles. The summed E-state index contributed by atoms with van der Waals surface area (Å²) in [6.07, 6.45) is 5.18. The molecule has 3 nitrogen and oxygen atoms in total. The maximum Gasteiger partial charge on any atom is 0.256 e. The van der Waals surface area contributed by atoms with Crippen molar-refractivity contribution in [1.82, 2.24) is 10.3 Å². The third-order valence-electron chi connectivity index (χ3n) is 4.11. The highest BCUT2D eigenvalue weighted by Gasteiger charge is 2.30. The maximum absolute atomic E-state index is 5.70. The highest BCUT2D eigenvalue weighted by atomic mass is 32.2. The monoisotopic (exact) mass is 268 g/mol. The number of hydrogen-bond acceptors (Lipinski definition) is 4. The molecule has 1 aliphatic rings. The van der Waals surface area contributed by atoms with E-state index in [1.807, 2.05) is 25.6 Å². The fourth-order valence-electron chi connectivity index (χ4n) is 2.67. The van der Waals surface area contributed by atoms with E-state index in [0.29, 0.717) is 11.3 Å². The Morgan fingerprint density at radius 2 is 2.17 bits per heavy atom. The van der Waals surface area contributed by atoms with Crippen molar-refractivity contribution in [3.05, 3.63) is 11.5 Å². The predicted octanol–water partition coefficient (Wildman–Crippen LogP) is 3.55. The molecule has 0 bridgehead atoms. The first-order chi connectivity index (χ1) is 8.63. The average Bonchev–Trinajstić information content (AvgIpc) is 2.68. The SMILES string of the molecule is CCC1CCC(NC)C(Sc2nc(C)c(C)o2)C1. The van der Waals surface area contributed by atoms with Crippen LogP contribution in [0.2, 0.25) is 0 Å². The summed E-state index contributed by atoms with van der Waals surface area (Å²) in [7, 11) is 2.07. The Morgan fingerprint density at radius 1 is 1.39 bits per heavy atom. The number of nitrogens with zero attached hydrogens (tertiary/aromatic N) is 1. The van der Waals surface area contributed by atoms with Crippen LogP contribution in [0.15, 0.2) is 9.64 Å². The third-order valence-corrected chi connectivity index (χ3v) is 5.31. The quantitative estimate of drug-likeness (QED) is 0.906. The van der Waals surface area contributed by atoms with Crippen LogP contribution in [0.3, 0.4) is 0 Å². The lowest BCUT2D eigenvalue weighted by Gasteiger charge is -2.34. The summed E-state index contributed by atoms with van der Waals surface area (Å²) in [6, 6.07) is 0.588. The van der Waals surface area contributed by atoms with Crippen molar-refractivity contribution >= 4 is 11.8 Å². The van der Waals surface area contributed by atoms with Crippen molar-refractivity contribution < 1.29 is 4.42 Å². The summed E-state index contributed by atoms with van der Waals surface area (Å²) >= 11 is 1.81. The molecule has 3 atom stereocenters. The van der Waals surface area contributed by atoms with Crippen molar-refractivity contribution in [1.29, 1.82) is 0 Å². The van der Waals surface area contributed by atoms with Gasteiger partial charge < -0.3 is 9.73 Å². The van der Waals surface area contributed by atoms with Crippen molar-refractivity contribution in [3.63, 3.8) is 0 Å². The molecule has 4 heteroatoms. The first kappa shape index (κ1) is 13.9. The Balaban J connectivity index is 2.04. The first-order valence-corrected chi connectivity index (χ1v) is 7.80. The summed E-state index contributed by atoms with van der Waals surface area (Å²) < 4.78 is 5.70. The highest BCUT2D eigenvalue weighted by Crippen LogP contribution is 2.37. The van der Waals surface area contributed by atoms with E-state index in [1.54, 1.807) is 0 Å². The fraction of sp³-hybridized carbons (Fsp3) is 0.786. The lowest BCUT2D eigenvalue weighted by molar-refractivity contribution is 0.302. The molecule has 0 saturated heterocycles. The van der Waals surface area contributed by atoms with Crippen molar-refractivity contribution in [2.24, 2.45) is 5.92 Å². The molecule has 0 amide bonds. The number of rotatable bonds is 4. The summed E-state index contributed by atoms with van der Waals surface area (Å²) in [4.78, 5) is 4.49. The van der Waals surface area contributed by atoms with Gasteiger partial charge in [-0.1, -0.05) is 25.1 Å². The Bertz CT molecular complexity index is 372. The zero-order valence-electron chi connectivity index (χ0n) is 11.8. The summed E-state index contributed by atoms with van der Waals surface area (Å²) in [5.41, 5.74) is 1.02. The number of nitrogens with one attached hydrogen (secondary N) is 1. The molecule has 0 radical (unpaired) electrons. The van der Waals surface area contributed by atoms with Crippen LogP contribution in [0.25, 0.3) is 0 Å². The van der Waals surface area contributed by atoms with Gasteiger partial charge >= 0.3 is 0 Å². The van der Waals surface area contributed by atoms with Gasteiger partial charge in [-0.3, -0.25) is 0 Å². The van der Waals surface area contributed by atoms with Crippen molar-refractivity contribution in [2.45, 2.75) is 63.0 Å². The Labute approximate surface area is 114 Å². The number of aryl methyl sites for hydroxylation is 2. The molecule has 3 unspecified atom stereocenters. The van der Waals surface area contributed by atoms with Gasteiger partial charge in [0.1, 0.15) is 5.76 Å². The molecule has 1 heterocycles. The molecule has 0 aromatic carbocycles. The molecular formula is C14H24N2OS. The lowest BCUT2D eigenvalue weighted by Crippen LogP contribution is -2.40. The molecule has 2 rings (SSSR count). The average molecular weight is 268 g/mol. The largest absolute Gasteiger partial charge is 0.437 e. The topological polar surface area (TPSA) is 38.1 Å². The van der Waals surface area contributed by atoms with Crippen LogP contribution in [-0.4, -0.2) is 23.3 Å². The smallest absolute Gasteiger partial charge is 0.256 e. The molecule has 18 heavy (non-hydrogen) atoms. The van der Waals surface area contributed by atoms with Gasteiger partial charge in [0.2, 0.25) is 0 Å². The van der Waals surface area contributed by atoms with Gasteiger partial charge in [-0.15, -0.1) is 0 Å². The minimum Gasteiger partial charge on any atom is -0.437 e. The summed E-state index contributed by atoms with van der Waals surface area (Å²) in [5, 5.41) is 4.88. The van der Waals surface area contributed by atoms with Crippen molar-refractivity contribution in [3.8, 4) is 0 Å². The molecular weight excluding hydrogens is 244 g/mol. The fourth-order valence-corrected chi connectivity index (χ4v) is 4.09. The minimum absolute atomic E-state index is 0.588. The van der Waals surface area contributed by atoms with Gasteiger partial charge in [0, 0.05) is 11.3 Å². The summed E-state index contributed by atoms with van der Waals surface area (Å²) in [6.45, 7) is 6.29. The van der Waals surface area contributed by atoms with Gasteiger partial charge in [0.15, 0.2) is 0 Å². The Morgan fingerprint density at radius 3 is 2.72 bits per heavy atom. The van der Waals surface area contributed by atoms with Crippen LogP contribution in [0, 0.1) is 19.8 Å². The van der Waals surface area contributed by atoms with Crippen LogP contribution < -0.4 is 5.32 Å². The molecule has 0 aliphatic heterocycles. The van der Waals surface area contributed by atoms with Gasteiger partial charge in [-0.2, -0.15) is 0 Å². The van der Waals surface area contributed by atoms with Gasteiger partial charge in [0.25, 0.3) is 5.22 Å². The number of oxazole rings is 1. The van der Waals surface area contributed by atoms with E-state index in [9.17, 15) is 0 Å². The van der Waals surface area contributed by atoms with E-state index in [4.69, 9.17) is 4.42 Å². The molecule has 1 saturated carbocycles. The molecule has 1 aromatic rings. The van der Waals surface area contributed by atoms with Crippen LogP contribution in [0.5, 0.6) is 0 Å². The molecule has 1 fully saturated rings. The molecule has 1 N–H and O–H groups in total. The maximum atomic E-state index is 5.70. The van der Waals surface area contributed by atoms with Gasteiger partial charge in [0.05, 0.1) is 5.69 Å². The Kier molecular flexibility index (Phi) is 4.73. The predicted molar refractivity (Wildman–Crippen MR) is 76.1 cm³/mol. The number of thioether (sulfide) groups is 1. The van der Waals surface area contributed by atoms with Crippen LogP contribution in [-0.2, 0) is 0 Å². The van der Waals surface area contributed by atoms with E-state index in [1.165, 1.54) is 25.7 Å². The van der Waals surface area contributed by atoms with E-state index < -0.39 is 0 Å². The highest BCUT2D eigenvalue weighted by molar-refractivity contribution is 7.99. The zero-order valence-corrected chi connectivity index (χ0v) is 12.6. The molecule has 1 aliphatic carbocycles. The van der Waals surface area contributed by atoms with Crippen molar-refractivity contribution in [2.75, 3.05) is 7.05 Å². The normalized spacial score (nSPS) is 28.6. The van der Waals surface area contributed by atoms with E-state index in [2.05, 4.69) is 24.3 Å². The van der Waals surface area contributed by atoms with E-state index in [-0.39, 0.29) is 0 Å². The number of hydrogen-bond donors (Lipinski definition) is 1. The van der Waals surface area contributed by atoms with E-state index >= 15 is 0 Å². The zero-order chi connectivity index (χ0) is 13.1. The van der Waals surface area contributed by atoms with E-state index in [0.717, 1.165) is 22.6 Å². The van der Waals surface area contributed by atoms with Crippen LogP contribution >= 0.6 is 11.8 Å². The van der Waals surface area contributed by atoms with Crippen LogP contribution in [0.1, 0.15) is 44.1 Å².